The average Bonchev–Trinajstić information content (AvgIpc) is 2.47. The van der Waals surface area contributed by atoms with Gasteiger partial charge in [-0.1, -0.05) is 63.5 Å². The molecule has 0 spiro atoms. The summed E-state index contributed by atoms with van der Waals surface area (Å²) in [6, 6.07) is 5.70. The summed E-state index contributed by atoms with van der Waals surface area (Å²) in [4.78, 5) is 0. The molecule has 0 atom stereocenters. The molecule has 2 nitrogen and oxygen atoms in total. The third-order valence-electron chi connectivity index (χ3n) is 3.52. The van der Waals surface area contributed by atoms with Crippen molar-refractivity contribution >= 4 is 17.3 Å². The number of hydrogen-bond acceptors (Lipinski definition) is 2. The van der Waals surface area contributed by atoms with Crippen molar-refractivity contribution in [1.82, 2.24) is 0 Å². The summed E-state index contributed by atoms with van der Waals surface area (Å²) < 4.78 is 5.20. The van der Waals surface area contributed by atoms with E-state index in [1.807, 2.05) is 18.2 Å². The highest BCUT2D eigenvalue weighted by Crippen LogP contribution is 2.26. The largest absolute Gasteiger partial charge is 0.497 e. The van der Waals surface area contributed by atoms with Gasteiger partial charge in [0.05, 0.1) is 17.8 Å². The van der Waals surface area contributed by atoms with Crippen molar-refractivity contribution in [2.75, 3.05) is 19.0 Å². The van der Waals surface area contributed by atoms with Gasteiger partial charge in [-0.05, 0) is 18.6 Å². The second-order valence-corrected chi connectivity index (χ2v) is 5.65. The van der Waals surface area contributed by atoms with Crippen LogP contribution >= 0.6 is 11.6 Å². The zero-order valence-electron chi connectivity index (χ0n) is 12.9. The topological polar surface area (TPSA) is 21.3 Å². The minimum Gasteiger partial charge on any atom is -0.497 e. The molecule has 0 amide bonds. The molecule has 0 unspecified atom stereocenters. The third kappa shape index (κ3) is 7.04. The van der Waals surface area contributed by atoms with Crippen LogP contribution in [0, 0.1) is 0 Å². The van der Waals surface area contributed by atoms with Crippen molar-refractivity contribution < 1.29 is 4.74 Å². The Morgan fingerprint density at radius 2 is 1.65 bits per heavy atom. The molecular formula is C17H28ClNO. The molecule has 0 bridgehead atoms. The van der Waals surface area contributed by atoms with E-state index in [0.29, 0.717) is 0 Å². The lowest BCUT2D eigenvalue weighted by atomic mass is 10.1. The predicted molar refractivity (Wildman–Crippen MR) is 89.1 cm³/mol. The highest BCUT2D eigenvalue weighted by molar-refractivity contribution is 6.33. The van der Waals surface area contributed by atoms with Crippen LogP contribution in [0.25, 0.3) is 0 Å². The first kappa shape index (κ1) is 17.2. The number of rotatable bonds is 11. The van der Waals surface area contributed by atoms with Crippen LogP contribution in [-0.2, 0) is 0 Å². The first-order chi connectivity index (χ1) is 9.77. The molecule has 0 aliphatic heterocycles. The number of benzene rings is 1. The molecule has 1 aromatic rings. The van der Waals surface area contributed by atoms with Crippen molar-refractivity contribution in [2.45, 2.75) is 58.3 Å². The molecule has 0 heterocycles. The molecule has 0 aliphatic carbocycles. The van der Waals surface area contributed by atoms with Crippen LogP contribution in [0.1, 0.15) is 58.3 Å². The minimum absolute atomic E-state index is 0.755. The molecule has 1 rings (SSSR count). The van der Waals surface area contributed by atoms with Gasteiger partial charge in [-0.15, -0.1) is 0 Å². The molecule has 0 saturated heterocycles. The van der Waals surface area contributed by atoms with Gasteiger partial charge in [0.25, 0.3) is 0 Å². The Morgan fingerprint density at radius 1 is 1.00 bits per heavy atom. The highest BCUT2D eigenvalue weighted by atomic mass is 35.5. The predicted octanol–water partition coefficient (Wildman–Crippen LogP) is 5.90. The van der Waals surface area contributed by atoms with E-state index in [0.717, 1.165) is 23.0 Å². The van der Waals surface area contributed by atoms with E-state index in [1.54, 1.807) is 7.11 Å². The van der Waals surface area contributed by atoms with Crippen molar-refractivity contribution in [3.8, 4) is 5.75 Å². The summed E-state index contributed by atoms with van der Waals surface area (Å²) in [6.07, 6.45) is 10.7. The van der Waals surface area contributed by atoms with Crippen LogP contribution in [0.4, 0.5) is 5.69 Å². The van der Waals surface area contributed by atoms with Gasteiger partial charge >= 0.3 is 0 Å². The van der Waals surface area contributed by atoms with Crippen molar-refractivity contribution in [3.63, 3.8) is 0 Å². The monoisotopic (exact) mass is 297 g/mol. The zero-order chi connectivity index (χ0) is 14.6. The Kier molecular flexibility index (Phi) is 9.31. The maximum Gasteiger partial charge on any atom is 0.121 e. The van der Waals surface area contributed by atoms with Crippen LogP contribution in [-0.4, -0.2) is 13.7 Å². The SMILES string of the molecule is CCCCCCCCCCNc1cc(OC)ccc1Cl. The van der Waals surface area contributed by atoms with Crippen LogP contribution in [0.5, 0.6) is 5.75 Å². The average molecular weight is 298 g/mol. The number of hydrogen-bond donors (Lipinski definition) is 1. The van der Waals surface area contributed by atoms with Gasteiger partial charge in [-0.25, -0.2) is 0 Å². The first-order valence-corrected chi connectivity index (χ1v) is 8.23. The lowest BCUT2D eigenvalue weighted by Crippen LogP contribution is -2.02. The molecule has 1 aromatic carbocycles. The number of unbranched alkanes of at least 4 members (excludes halogenated alkanes) is 7. The number of halogens is 1. The molecule has 0 radical (unpaired) electrons. The number of nitrogens with one attached hydrogen (secondary N) is 1. The summed E-state index contributed by atoms with van der Waals surface area (Å²) in [6.45, 7) is 3.23. The van der Waals surface area contributed by atoms with Gasteiger partial charge in [0.1, 0.15) is 5.75 Å². The van der Waals surface area contributed by atoms with Crippen LogP contribution < -0.4 is 10.1 Å². The molecule has 114 valence electrons. The second kappa shape index (κ2) is 10.8. The first-order valence-electron chi connectivity index (χ1n) is 7.85. The Labute approximate surface area is 128 Å². The quantitative estimate of drug-likeness (QED) is 0.513. The maximum absolute atomic E-state index is 6.15. The Balaban J connectivity index is 2.09. The minimum atomic E-state index is 0.755. The fourth-order valence-electron chi connectivity index (χ4n) is 2.25. The van der Waals surface area contributed by atoms with E-state index in [1.165, 1.54) is 51.4 Å². The third-order valence-corrected chi connectivity index (χ3v) is 3.85. The van der Waals surface area contributed by atoms with Gasteiger partial charge in [-0.2, -0.15) is 0 Å². The van der Waals surface area contributed by atoms with Crippen molar-refractivity contribution in [3.05, 3.63) is 23.2 Å². The molecule has 1 N–H and O–H groups in total. The van der Waals surface area contributed by atoms with Gasteiger partial charge in [0.2, 0.25) is 0 Å². The van der Waals surface area contributed by atoms with Gasteiger partial charge < -0.3 is 10.1 Å². The summed E-state index contributed by atoms with van der Waals surface area (Å²) in [5.41, 5.74) is 0.967. The van der Waals surface area contributed by atoms with Gasteiger partial charge in [0.15, 0.2) is 0 Å². The zero-order valence-corrected chi connectivity index (χ0v) is 13.6. The van der Waals surface area contributed by atoms with E-state index < -0.39 is 0 Å². The molecule has 20 heavy (non-hydrogen) atoms. The van der Waals surface area contributed by atoms with E-state index >= 15 is 0 Å². The van der Waals surface area contributed by atoms with E-state index in [2.05, 4.69) is 12.2 Å². The molecule has 3 heteroatoms. The highest BCUT2D eigenvalue weighted by Gasteiger charge is 2.01. The second-order valence-electron chi connectivity index (χ2n) is 5.25. The smallest absolute Gasteiger partial charge is 0.121 e. The lowest BCUT2D eigenvalue weighted by Gasteiger charge is -2.10. The number of ether oxygens (including phenoxy) is 1. The fourth-order valence-corrected chi connectivity index (χ4v) is 2.43. The van der Waals surface area contributed by atoms with Crippen LogP contribution in [0.15, 0.2) is 18.2 Å². The van der Waals surface area contributed by atoms with Crippen LogP contribution in [0.2, 0.25) is 5.02 Å². The normalized spacial score (nSPS) is 10.6. The Hall–Kier alpha value is -0.890. The van der Waals surface area contributed by atoms with E-state index in [-0.39, 0.29) is 0 Å². The fraction of sp³-hybridized carbons (Fsp3) is 0.647. The summed E-state index contributed by atoms with van der Waals surface area (Å²) in [5, 5.41) is 4.14. The van der Waals surface area contributed by atoms with Gasteiger partial charge in [-0.3, -0.25) is 0 Å². The molecule has 0 aliphatic rings. The Bertz CT molecular complexity index is 368. The lowest BCUT2D eigenvalue weighted by molar-refractivity contribution is 0.415. The number of methoxy groups -OCH3 is 1. The summed E-state index contributed by atoms with van der Waals surface area (Å²) in [7, 11) is 1.67. The Morgan fingerprint density at radius 3 is 2.30 bits per heavy atom. The van der Waals surface area contributed by atoms with Crippen LogP contribution in [0.3, 0.4) is 0 Å². The van der Waals surface area contributed by atoms with E-state index in [4.69, 9.17) is 16.3 Å². The molecular weight excluding hydrogens is 270 g/mol. The standard InChI is InChI=1S/C17H28ClNO/c1-3-4-5-6-7-8-9-10-13-19-17-14-15(20-2)11-12-16(17)18/h11-12,14,19H,3-10,13H2,1-2H3. The maximum atomic E-state index is 6.15. The molecule has 0 aromatic heterocycles. The van der Waals surface area contributed by atoms with Gasteiger partial charge in [0, 0.05) is 12.6 Å². The summed E-state index contributed by atoms with van der Waals surface area (Å²) >= 11 is 6.15. The van der Waals surface area contributed by atoms with Crippen molar-refractivity contribution in [2.24, 2.45) is 0 Å². The molecule has 0 fully saturated rings. The molecule has 0 saturated carbocycles. The number of anilines is 1. The van der Waals surface area contributed by atoms with Crippen molar-refractivity contribution in [1.29, 1.82) is 0 Å². The van der Waals surface area contributed by atoms with E-state index in [9.17, 15) is 0 Å². The summed E-state index contributed by atoms with van der Waals surface area (Å²) in [5.74, 6) is 0.841.